The molecule has 1 atom stereocenters. The van der Waals surface area contributed by atoms with Gasteiger partial charge in [0, 0.05) is 46.5 Å². The van der Waals surface area contributed by atoms with Gasteiger partial charge in [-0.25, -0.2) is 4.79 Å². The first-order valence-corrected chi connectivity index (χ1v) is 9.93. The number of dihydropyridines is 1. The van der Waals surface area contributed by atoms with Crippen LogP contribution in [0.4, 0.5) is 5.69 Å². The molecule has 29 heavy (non-hydrogen) atoms. The maximum Gasteiger partial charge on any atom is 0.336 e. The summed E-state index contributed by atoms with van der Waals surface area (Å²) in [6, 6.07) is 4.07. The lowest BCUT2D eigenvalue weighted by Crippen LogP contribution is -2.34. The van der Waals surface area contributed by atoms with Crippen molar-refractivity contribution in [3.63, 3.8) is 0 Å². The van der Waals surface area contributed by atoms with Crippen LogP contribution in [-0.4, -0.2) is 23.3 Å². The molecule has 1 aliphatic carbocycles. The van der Waals surface area contributed by atoms with Gasteiger partial charge in [0.25, 0.3) is 5.69 Å². The molecule has 2 aliphatic rings. The number of hydrogen-bond acceptors (Lipinski definition) is 6. The van der Waals surface area contributed by atoms with Gasteiger partial charge in [0.05, 0.1) is 17.1 Å². The van der Waals surface area contributed by atoms with E-state index < -0.39 is 16.8 Å². The quantitative estimate of drug-likeness (QED) is 0.432. The Balaban J connectivity index is 2.17. The number of ether oxygens (including phenoxy) is 1. The summed E-state index contributed by atoms with van der Waals surface area (Å²) in [5.74, 6) is -1.30. The monoisotopic (exact) mass is 418 g/mol. The Morgan fingerprint density at radius 2 is 2.10 bits per heavy atom. The van der Waals surface area contributed by atoms with Crippen LogP contribution in [0.3, 0.4) is 0 Å². The molecule has 0 fully saturated rings. The molecular weight excluding hydrogens is 396 g/mol. The standard InChI is InChI=1S/C21H23ClN2O5/c1-11(2)10-29-21(26)18-12(3)23-16-5-4-6-17(25)20(16)19(18)14-9-13(24(27)28)7-8-15(14)22/h7-9,11,19,23H,4-6,10H2,1-3H3. The van der Waals surface area contributed by atoms with Crippen LogP contribution in [0.5, 0.6) is 0 Å². The van der Waals surface area contributed by atoms with Crippen LogP contribution in [0.15, 0.2) is 40.7 Å². The molecule has 0 bridgehead atoms. The third-order valence-corrected chi connectivity index (χ3v) is 5.39. The van der Waals surface area contributed by atoms with Crippen molar-refractivity contribution < 1.29 is 19.2 Å². The fourth-order valence-electron chi connectivity index (χ4n) is 3.75. The number of nitrogens with one attached hydrogen (secondary N) is 1. The molecule has 0 radical (unpaired) electrons. The van der Waals surface area contributed by atoms with Gasteiger partial charge in [-0.2, -0.15) is 0 Å². The number of halogens is 1. The van der Waals surface area contributed by atoms with Crippen molar-refractivity contribution in [2.75, 3.05) is 6.61 Å². The second-order valence-electron chi connectivity index (χ2n) is 7.72. The van der Waals surface area contributed by atoms with Crippen molar-refractivity contribution in [2.24, 2.45) is 5.92 Å². The lowest BCUT2D eigenvalue weighted by molar-refractivity contribution is -0.384. The molecule has 0 aromatic heterocycles. The zero-order chi connectivity index (χ0) is 21.3. The van der Waals surface area contributed by atoms with Gasteiger partial charge >= 0.3 is 5.97 Å². The fourth-order valence-corrected chi connectivity index (χ4v) is 3.98. The van der Waals surface area contributed by atoms with Gasteiger partial charge in [-0.15, -0.1) is 0 Å². The first-order chi connectivity index (χ1) is 13.7. The van der Waals surface area contributed by atoms with E-state index in [1.54, 1.807) is 6.92 Å². The molecule has 1 aromatic rings. The summed E-state index contributed by atoms with van der Waals surface area (Å²) in [6.45, 7) is 5.82. The van der Waals surface area contributed by atoms with E-state index in [9.17, 15) is 19.7 Å². The van der Waals surface area contributed by atoms with Gasteiger partial charge in [-0.1, -0.05) is 25.4 Å². The predicted octanol–water partition coefficient (Wildman–Crippen LogP) is 4.42. The third kappa shape index (κ3) is 4.19. The van der Waals surface area contributed by atoms with Crippen LogP contribution in [0.2, 0.25) is 5.02 Å². The first-order valence-electron chi connectivity index (χ1n) is 9.55. The molecule has 1 heterocycles. The predicted molar refractivity (Wildman–Crippen MR) is 108 cm³/mol. The van der Waals surface area contributed by atoms with E-state index in [2.05, 4.69) is 5.32 Å². The topological polar surface area (TPSA) is 98.5 Å². The lowest BCUT2D eigenvalue weighted by Gasteiger charge is -2.34. The van der Waals surface area contributed by atoms with Crippen molar-refractivity contribution in [3.05, 3.63) is 61.4 Å². The van der Waals surface area contributed by atoms with Crippen LogP contribution in [-0.2, 0) is 14.3 Å². The third-order valence-electron chi connectivity index (χ3n) is 5.04. The van der Waals surface area contributed by atoms with Crippen LogP contribution in [0, 0.1) is 16.0 Å². The van der Waals surface area contributed by atoms with Crippen molar-refractivity contribution >= 4 is 29.0 Å². The number of rotatable bonds is 5. The van der Waals surface area contributed by atoms with Crippen molar-refractivity contribution in [3.8, 4) is 0 Å². The Morgan fingerprint density at radius 1 is 1.38 bits per heavy atom. The van der Waals surface area contributed by atoms with Crippen molar-refractivity contribution in [1.29, 1.82) is 0 Å². The smallest absolute Gasteiger partial charge is 0.336 e. The molecule has 0 saturated heterocycles. The number of allylic oxidation sites excluding steroid dienone is 3. The molecule has 8 heteroatoms. The zero-order valence-corrected chi connectivity index (χ0v) is 17.3. The molecule has 1 aromatic carbocycles. The zero-order valence-electron chi connectivity index (χ0n) is 16.6. The van der Waals surface area contributed by atoms with Gasteiger partial charge in [0.1, 0.15) is 0 Å². The summed E-state index contributed by atoms with van der Waals surface area (Å²) in [5, 5.41) is 14.8. The highest BCUT2D eigenvalue weighted by Crippen LogP contribution is 2.45. The Kier molecular flexibility index (Phi) is 6.07. The second kappa shape index (κ2) is 8.37. The molecule has 0 saturated carbocycles. The van der Waals surface area contributed by atoms with Crippen molar-refractivity contribution in [1.82, 2.24) is 5.32 Å². The normalized spacial score (nSPS) is 19.2. The molecule has 1 unspecified atom stereocenters. The molecule has 1 N–H and O–H groups in total. The average molecular weight is 419 g/mol. The Bertz CT molecular complexity index is 948. The molecule has 1 aliphatic heterocycles. The van der Waals surface area contributed by atoms with Gasteiger partial charge in [-0.3, -0.25) is 14.9 Å². The number of hydrogen-bond donors (Lipinski definition) is 1. The minimum absolute atomic E-state index is 0.0898. The van der Waals surface area contributed by atoms with Gasteiger partial charge in [-0.05, 0) is 37.3 Å². The number of nitro benzene ring substituents is 1. The molecule has 7 nitrogen and oxygen atoms in total. The largest absolute Gasteiger partial charge is 0.462 e. The first kappa shape index (κ1) is 21.0. The molecule has 0 spiro atoms. The Hall–Kier alpha value is -2.67. The minimum Gasteiger partial charge on any atom is -0.462 e. The average Bonchev–Trinajstić information content (AvgIpc) is 2.65. The molecule has 154 valence electrons. The van der Waals surface area contributed by atoms with E-state index in [1.165, 1.54) is 18.2 Å². The van der Waals surface area contributed by atoms with Crippen LogP contribution >= 0.6 is 11.6 Å². The summed E-state index contributed by atoms with van der Waals surface area (Å²) in [5.41, 5.74) is 2.23. The summed E-state index contributed by atoms with van der Waals surface area (Å²) in [6.07, 6.45) is 1.73. The highest BCUT2D eigenvalue weighted by atomic mass is 35.5. The van der Waals surface area contributed by atoms with Crippen molar-refractivity contribution in [2.45, 2.75) is 46.0 Å². The number of nitro groups is 1. The number of carbonyl (C=O) groups excluding carboxylic acids is 2. The van der Waals surface area contributed by atoms with E-state index in [4.69, 9.17) is 16.3 Å². The number of non-ortho nitro benzene ring substituents is 1. The molecular formula is C21H23ClN2O5. The summed E-state index contributed by atoms with van der Waals surface area (Å²) in [7, 11) is 0. The number of carbonyl (C=O) groups is 2. The second-order valence-corrected chi connectivity index (χ2v) is 8.13. The SMILES string of the molecule is CC1=C(C(=O)OCC(C)C)C(c2cc([N+](=O)[O-])ccc2Cl)C2=C(CCCC2=O)N1. The number of Topliss-reactive ketones (excluding diaryl/α,β-unsaturated/α-hetero) is 1. The van der Waals surface area contributed by atoms with E-state index in [1.807, 2.05) is 13.8 Å². The van der Waals surface area contributed by atoms with Crippen LogP contribution < -0.4 is 5.32 Å². The molecule has 3 rings (SSSR count). The maximum absolute atomic E-state index is 13.0. The summed E-state index contributed by atoms with van der Waals surface area (Å²) < 4.78 is 5.45. The Morgan fingerprint density at radius 3 is 2.76 bits per heavy atom. The maximum atomic E-state index is 13.0. The van der Waals surface area contributed by atoms with Crippen LogP contribution in [0.1, 0.15) is 51.5 Å². The number of ketones is 1. The fraction of sp³-hybridized carbons (Fsp3) is 0.429. The van der Waals surface area contributed by atoms with Gasteiger partial charge < -0.3 is 10.1 Å². The van der Waals surface area contributed by atoms with Gasteiger partial charge in [0.15, 0.2) is 5.78 Å². The highest BCUT2D eigenvalue weighted by Gasteiger charge is 2.40. The van der Waals surface area contributed by atoms with Gasteiger partial charge in [0.2, 0.25) is 0 Å². The summed E-state index contributed by atoms with van der Waals surface area (Å²) in [4.78, 5) is 36.6. The molecule has 0 amide bonds. The van der Waals surface area contributed by atoms with Crippen LogP contribution in [0.25, 0.3) is 0 Å². The van der Waals surface area contributed by atoms with E-state index >= 15 is 0 Å². The lowest BCUT2D eigenvalue weighted by atomic mass is 9.75. The number of esters is 1. The summed E-state index contributed by atoms with van der Waals surface area (Å²) >= 11 is 6.41. The number of benzene rings is 1. The minimum atomic E-state index is -0.800. The van der Waals surface area contributed by atoms with E-state index in [-0.39, 0.29) is 34.6 Å². The number of nitrogens with zero attached hydrogens (tertiary/aromatic N) is 1. The Labute approximate surface area is 173 Å². The highest BCUT2D eigenvalue weighted by molar-refractivity contribution is 6.31. The van der Waals surface area contributed by atoms with E-state index in [0.717, 1.165) is 5.70 Å². The van der Waals surface area contributed by atoms with E-state index in [0.29, 0.717) is 36.1 Å².